The van der Waals surface area contributed by atoms with Crippen LogP contribution in [0, 0.1) is 13.8 Å². The summed E-state index contributed by atoms with van der Waals surface area (Å²) in [6.45, 7) is 3.94. The van der Waals surface area contributed by atoms with Gasteiger partial charge in [-0.25, -0.2) is 4.83 Å². The quantitative estimate of drug-likeness (QED) is 0.693. The lowest BCUT2D eigenvalue weighted by Crippen LogP contribution is -2.18. The Morgan fingerprint density at radius 1 is 1.10 bits per heavy atom. The summed E-state index contributed by atoms with van der Waals surface area (Å²) in [5.41, 5.74) is 3.04. The first-order valence-electron chi connectivity index (χ1n) is 6.26. The molecule has 0 aliphatic rings. The molecule has 0 spiro atoms. The first-order chi connectivity index (χ1) is 9.88. The van der Waals surface area contributed by atoms with Crippen molar-refractivity contribution in [2.75, 3.05) is 0 Å². The zero-order valence-corrected chi connectivity index (χ0v) is 13.2. The first kappa shape index (κ1) is 15.5. The summed E-state index contributed by atoms with van der Waals surface area (Å²) in [4.78, 5) is 2.30. The van der Waals surface area contributed by atoms with Gasteiger partial charge in [0.25, 0.3) is 10.0 Å². The monoisotopic (exact) mass is 322 g/mol. The molecule has 0 fully saturated rings. The van der Waals surface area contributed by atoms with Crippen LogP contribution in [0.25, 0.3) is 0 Å². The predicted octanol–water partition coefficient (Wildman–Crippen LogP) is 3.27. The summed E-state index contributed by atoms with van der Waals surface area (Å²) >= 11 is 5.73. The van der Waals surface area contributed by atoms with Gasteiger partial charge in [0.05, 0.1) is 11.1 Å². The number of hydrogen-bond acceptors (Lipinski definition) is 3. The second-order valence-electron chi connectivity index (χ2n) is 4.67. The average molecular weight is 323 g/mol. The van der Waals surface area contributed by atoms with E-state index in [4.69, 9.17) is 11.6 Å². The van der Waals surface area contributed by atoms with Gasteiger partial charge in [-0.3, -0.25) is 0 Å². The summed E-state index contributed by atoms with van der Waals surface area (Å²) in [6, 6.07) is 11.7. The van der Waals surface area contributed by atoms with E-state index in [0.29, 0.717) is 5.02 Å². The van der Waals surface area contributed by atoms with Crippen LogP contribution < -0.4 is 4.83 Å². The molecule has 0 aliphatic carbocycles. The van der Waals surface area contributed by atoms with Gasteiger partial charge in [0, 0.05) is 5.02 Å². The van der Waals surface area contributed by atoms with Gasteiger partial charge >= 0.3 is 0 Å². The SMILES string of the molecule is Cc1ccc(/C=N\NS(=O)(=O)c2ccc(Cl)cc2)c(C)c1. The highest BCUT2D eigenvalue weighted by atomic mass is 35.5. The van der Waals surface area contributed by atoms with E-state index in [1.165, 1.54) is 30.5 Å². The van der Waals surface area contributed by atoms with Crippen molar-refractivity contribution in [1.29, 1.82) is 0 Å². The van der Waals surface area contributed by atoms with Crippen LogP contribution in [0.4, 0.5) is 0 Å². The predicted molar refractivity (Wildman–Crippen MR) is 85.3 cm³/mol. The Morgan fingerprint density at radius 2 is 1.76 bits per heavy atom. The Labute approximate surface area is 129 Å². The first-order valence-corrected chi connectivity index (χ1v) is 8.12. The molecule has 1 N–H and O–H groups in total. The molecule has 0 amide bonds. The molecule has 0 saturated carbocycles. The minimum absolute atomic E-state index is 0.115. The molecule has 0 bridgehead atoms. The molecule has 21 heavy (non-hydrogen) atoms. The molecule has 4 nitrogen and oxygen atoms in total. The minimum Gasteiger partial charge on any atom is -0.200 e. The van der Waals surface area contributed by atoms with Crippen molar-refractivity contribution < 1.29 is 8.42 Å². The molecule has 110 valence electrons. The van der Waals surface area contributed by atoms with Gasteiger partial charge in [-0.2, -0.15) is 13.5 Å². The fourth-order valence-electron chi connectivity index (χ4n) is 1.80. The number of aryl methyl sites for hydroxylation is 2. The van der Waals surface area contributed by atoms with Gasteiger partial charge < -0.3 is 0 Å². The van der Waals surface area contributed by atoms with Crippen LogP contribution in [0.2, 0.25) is 5.02 Å². The van der Waals surface area contributed by atoms with Gasteiger partial charge in [-0.1, -0.05) is 35.4 Å². The van der Waals surface area contributed by atoms with Crippen LogP contribution in [0.1, 0.15) is 16.7 Å². The van der Waals surface area contributed by atoms with Crippen molar-refractivity contribution in [3.63, 3.8) is 0 Å². The maximum Gasteiger partial charge on any atom is 0.276 e. The third-order valence-electron chi connectivity index (χ3n) is 2.93. The number of benzene rings is 2. The number of halogens is 1. The Balaban J connectivity index is 2.14. The summed E-state index contributed by atoms with van der Waals surface area (Å²) in [6.07, 6.45) is 1.49. The van der Waals surface area contributed by atoms with Crippen LogP contribution in [0.5, 0.6) is 0 Å². The van der Waals surface area contributed by atoms with E-state index in [1.807, 2.05) is 32.0 Å². The van der Waals surface area contributed by atoms with E-state index < -0.39 is 10.0 Å². The fraction of sp³-hybridized carbons (Fsp3) is 0.133. The van der Waals surface area contributed by atoms with Crippen LogP contribution in [-0.2, 0) is 10.0 Å². The van der Waals surface area contributed by atoms with Gasteiger partial charge in [-0.15, -0.1) is 0 Å². The maximum absolute atomic E-state index is 12.0. The lowest BCUT2D eigenvalue weighted by molar-refractivity contribution is 0.584. The summed E-state index contributed by atoms with van der Waals surface area (Å²) in [5, 5.41) is 4.29. The van der Waals surface area contributed by atoms with Crippen LogP contribution in [0.15, 0.2) is 52.5 Å². The lowest BCUT2D eigenvalue weighted by atomic mass is 10.1. The molecule has 2 aromatic rings. The molecule has 0 radical (unpaired) electrons. The second-order valence-corrected chi connectivity index (χ2v) is 6.76. The zero-order chi connectivity index (χ0) is 15.5. The third kappa shape index (κ3) is 4.06. The molecular formula is C15H15ClN2O2S. The average Bonchev–Trinajstić information content (AvgIpc) is 2.41. The van der Waals surface area contributed by atoms with Gasteiger partial charge in [0.15, 0.2) is 0 Å². The van der Waals surface area contributed by atoms with Crippen molar-refractivity contribution in [2.24, 2.45) is 5.10 Å². The van der Waals surface area contributed by atoms with Gasteiger partial charge in [0.1, 0.15) is 0 Å². The highest BCUT2D eigenvalue weighted by Gasteiger charge is 2.11. The third-order valence-corrected chi connectivity index (χ3v) is 4.42. The van der Waals surface area contributed by atoms with Gasteiger partial charge in [0.2, 0.25) is 0 Å². The van der Waals surface area contributed by atoms with Crippen LogP contribution in [0.3, 0.4) is 0 Å². The Hall–Kier alpha value is -1.85. The molecule has 2 rings (SSSR count). The largest absolute Gasteiger partial charge is 0.276 e. The Morgan fingerprint density at radius 3 is 2.38 bits per heavy atom. The molecule has 0 heterocycles. The smallest absolute Gasteiger partial charge is 0.200 e. The van der Waals surface area contributed by atoms with E-state index in [1.54, 1.807) is 0 Å². The van der Waals surface area contributed by atoms with Crippen molar-refractivity contribution in [3.8, 4) is 0 Å². The summed E-state index contributed by atoms with van der Waals surface area (Å²) in [7, 11) is -3.67. The number of sulfonamides is 1. The number of nitrogens with one attached hydrogen (secondary N) is 1. The maximum atomic E-state index is 12.0. The molecule has 0 aliphatic heterocycles. The minimum atomic E-state index is -3.67. The Kier molecular flexibility index (Phi) is 4.65. The number of hydrogen-bond donors (Lipinski definition) is 1. The van der Waals surface area contributed by atoms with E-state index in [-0.39, 0.29) is 4.90 Å². The lowest BCUT2D eigenvalue weighted by Gasteiger charge is -2.04. The topological polar surface area (TPSA) is 58.5 Å². The summed E-state index contributed by atoms with van der Waals surface area (Å²) < 4.78 is 24.0. The number of nitrogens with zero attached hydrogens (tertiary/aromatic N) is 1. The second kappa shape index (κ2) is 6.28. The van der Waals surface area contributed by atoms with Gasteiger partial charge in [-0.05, 0) is 49.2 Å². The van der Waals surface area contributed by atoms with Crippen molar-refractivity contribution in [1.82, 2.24) is 4.83 Å². The van der Waals surface area contributed by atoms with Crippen molar-refractivity contribution >= 4 is 27.8 Å². The molecule has 0 unspecified atom stereocenters. The van der Waals surface area contributed by atoms with Crippen molar-refractivity contribution in [2.45, 2.75) is 18.7 Å². The van der Waals surface area contributed by atoms with E-state index in [2.05, 4.69) is 9.93 Å². The highest BCUT2D eigenvalue weighted by Crippen LogP contribution is 2.14. The Bertz CT molecular complexity index is 769. The van der Waals surface area contributed by atoms with Crippen molar-refractivity contribution in [3.05, 3.63) is 64.2 Å². The van der Waals surface area contributed by atoms with E-state index in [0.717, 1.165) is 16.7 Å². The standard InChI is InChI=1S/C15H15ClN2O2S/c1-11-3-4-13(12(2)9-11)10-17-18-21(19,20)15-7-5-14(16)6-8-15/h3-10,18H,1-2H3/b17-10-. The zero-order valence-electron chi connectivity index (χ0n) is 11.7. The molecular weight excluding hydrogens is 308 g/mol. The number of rotatable bonds is 4. The normalized spacial score (nSPS) is 11.8. The number of hydrazone groups is 1. The van der Waals surface area contributed by atoms with E-state index >= 15 is 0 Å². The highest BCUT2D eigenvalue weighted by molar-refractivity contribution is 7.89. The fourth-order valence-corrected chi connectivity index (χ4v) is 2.72. The van der Waals surface area contributed by atoms with Crippen LogP contribution >= 0.6 is 11.6 Å². The summed E-state index contributed by atoms with van der Waals surface area (Å²) in [5.74, 6) is 0. The van der Waals surface area contributed by atoms with E-state index in [9.17, 15) is 8.42 Å². The molecule has 2 aromatic carbocycles. The molecule has 0 saturated heterocycles. The van der Waals surface area contributed by atoms with Crippen LogP contribution in [-0.4, -0.2) is 14.6 Å². The molecule has 0 aromatic heterocycles. The molecule has 6 heteroatoms. The molecule has 0 atom stereocenters.